The van der Waals surface area contributed by atoms with E-state index in [-0.39, 0.29) is 0 Å². The summed E-state index contributed by atoms with van der Waals surface area (Å²) in [5, 5.41) is 4.22. The maximum absolute atomic E-state index is 6.28. The fourth-order valence-corrected chi connectivity index (χ4v) is 3.01. The van der Waals surface area contributed by atoms with E-state index in [0.29, 0.717) is 5.92 Å². The first kappa shape index (κ1) is 16.6. The van der Waals surface area contributed by atoms with E-state index in [4.69, 9.17) is 11.6 Å². The van der Waals surface area contributed by atoms with Gasteiger partial charge >= 0.3 is 0 Å². The number of nitrogens with zero attached hydrogens (tertiary/aromatic N) is 2. The number of nitrogens with one attached hydrogen (secondary N) is 1. The predicted octanol–water partition coefficient (Wildman–Crippen LogP) is 4.11. The van der Waals surface area contributed by atoms with E-state index in [2.05, 4.69) is 42.0 Å². The lowest BCUT2D eigenvalue weighted by Crippen LogP contribution is -2.34. The lowest BCUT2D eigenvalue weighted by atomic mass is 9.94. The molecule has 21 heavy (non-hydrogen) atoms. The van der Waals surface area contributed by atoms with Gasteiger partial charge in [0.05, 0.1) is 5.02 Å². The van der Waals surface area contributed by atoms with Crippen LogP contribution in [0.2, 0.25) is 5.02 Å². The van der Waals surface area contributed by atoms with Gasteiger partial charge in [0, 0.05) is 25.8 Å². The van der Waals surface area contributed by atoms with Crippen LogP contribution in [0.25, 0.3) is 0 Å². The molecule has 2 heterocycles. The van der Waals surface area contributed by atoms with Crippen LogP contribution in [0.5, 0.6) is 0 Å². The number of piperidine rings is 1. The lowest BCUT2D eigenvalue weighted by Gasteiger charge is -2.32. The molecule has 1 N–H and O–H groups in total. The number of anilines is 1. The molecule has 2 rings (SSSR count). The third-order valence-electron chi connectivity index (χ3n) is 4.30. The van der Waals surface area contributed by atoms with E-state index in [0.717, 1.165) is 48.5 Å². The highest BCUT2D eigenvalue weighted by Crippen LogP contribution is 2.26. The van der Waals surface area contributed by atoms with Gasteiger partial charge in [-0.3, -0.25) is 0 Å². The molecule has 1 aromatic heterocycles. The van der Waals surface area contributed by atoms with Crippen molar-refractivity contribution in [2.45, 2.75) is 46.6 Å². The highest BCUT2D eigenvalue weighted by atomic mass is 35.5. The summed E-state index contributed by atoms with van der Waals surface area (Å²) in [6.45, 7) is 10.8. The third kappa shape index (κ3) is 4.86. The van der Waals surface area contributed by atoms with Gasteiger partial charge in [-0.25, -0.2) is 4.98 Å². The lowest BCUT2D eigenvalue weighted by molar-refractivity contribution is 0.393. The average Bonchev–Trinajstić information content (AvgIpc) is 2.49. The number of rotatable bonds is 6. The molecule has 0 aliphatic carbocycles. The van der Waals surface area contributed by atoms with Crippen molar-refractivity contribution in [3.8, 4) is 0 Å². The van der Waals surface area contributed by atoms with Gasteiger partial charge in [-0.2, -0.15) is 0 Å². The first-order valence-corrected chi connectivity index (χ1v) is 8.58. The quantitative estimate of drug-likeness (QED) is 0.857. The Bertz CT molecular complexity index is 440. The van der Waals surface area contributed by atoms with Crippen LogP contribution in [0.1, 0.15) is 45.6 Å². The standard InChI is InChI=1S/C17H28ClN3/c1-4-14-5-7-21(8-6-14)17-9-15(16(18)12-20-17)11-19-10-13(2)3/h9,12-14,19H,4-8,10-11H2,1-3H3. The van der Waals surface area contributed by atoms with Gasteiger partial charge in [0.15, 0.2) is 0 Å². The van der Waals surface area contributed by atoms with Crippen LogP contribution in [0.3, 0.4) is 0 Å². The van der Waals surface area contributed by atoms with Gasteiger partial charge in [0.25, 0.3) is 0 Å². The summed E-state index contributed by atoms with van der Waals surface area (Å²) in [6.07, 6.45) is 5.66. The molecule has 0 saturated carbocycles. The Hall–Kier alpha value is -0.800. The molecule has 0 unspecified atom stereocenters. The molecular formula is C17H28ClN3. The summed E-state index contributed by atoms with van der Waals surface area (Å²) < 4.78 is 0. The second-order valence-electron chi connectivity index (χ2n) is 6.50. The van der Waals surface area contributed by atoms with Crippen molar-refractivity contribution in [2.24, 2.45) is 11.8 Å². The minimum atomic E-state index is 0.651. The topological polar surface area (TPSA) is 28.2 Å². The van der Waals surface area contributed by atoms with Crippen molar-refractivity contribution in [3.05, 3.63) is 22.8 Å². The minimum Gasteiger partial charge on any atom is -0.357 e. The SMILES string of the molecule is CCC1CCN(c2cc(CNCC(C)C)c(Cl)cn2)CC1. The summed E-state index contributed by atoms with van der Waals surface area (Å²) in [7, 11) is 0. The molecule has 1 aliphatic heterocycles. The van der Waals surface area contributed by atoms with Crippen LogP contribution in [0.15, 0.2) is 12.3 Å². The van der Waals surface area contributed by atoms with Crippen LogP contribution in [-0.4, -0.2) is 24.6 Å². The molecule has 1 aromatic rings. The average molecular weight is 310 g/mol. The molecule has 0 spiro atoms. The van der Waals surface area contributed by atoms with Crippen LogP contribution in [-0.2, 0) is 6.54 Å². The molecule has 4 heteroatoms. The van der Waals surface area contributed by atoms with Crippen molar-refractivity contribution in [2.75, 3.05) is 24.5 Å². The van der Waals surface area contributed by atoms with Gasteiger partial charge in [-0.1, -0.05) is 38.8 Å². The van der Waals surface area contributed by atoms with Gasteiger partial charge in [-0.05, 0) is 42.9 Å². The fourth-order valence-electron chi connectivity index (χ4n) is 2.84. The molecule has 0 amide bonds. The third-order valence-corrected chi connectivity index (χ3v) is 4.64. The largest absolute Gasteiger partial charge is 0.357 e. The van der Waals surface area contributed by atoms with Crippen LogP contribution >= 0.6 is 11.6 Å². The first-order chi connectivity index (χ1) is 10.1. The predicted molar refractivity (Wildman–Crippen MR) is 91.0 cm³/mol. The normalized spacial score (nSPS) is 16.7. The van der Waals surface area contributed by atoms with E-state index >= 15 is 0 Å². The van der Waals surface area contributed by atoms with Crippen molar-refractivity contribution < 1.29 is 0 Å². The van der Waals surface area contributed by atoms with Gasteiger partial charge in [-0.15, -0.1) is 0 Å². The van der Waals surface area contributed by atoms with Crippen LogP contribution < -0.4 is 10.2 Å². The Morgan fingerprint density at radius 2 is 2.10 bits per heavy atom. The molecule has 1 saturated heterocycles. The Kier molecular flexibility index (Phi) is 6.31. The highest BCUT2D eigenvalue weighted by Gasteiger charge is 2.19. The smallest absolute Gasteiger partial charge is 0.128 e. The van der Waals surface area contributed by atoms with Crippen LogP contribution in [0, 0.1) is 11.8 Å². The van der Waals surface area contributed by atoms with E-state index < -0.39 is 0 Å². The number of pyridine rings is 1. The second kappa shape index (κ2) is 8.00. The summed E-state index contributed by atoms with van der Waals surface area (Å²) >= 11 is 6.28. The van der Waals surface area contributed by atoms with Crippen molar-refractivity contribution in [1.29, 1.82) is 0 Å². The number of aromatic nitrogens is 1. The second-order valence-corrected chi connectivity index (χ2v) is 6.90. The molecular weight excluding hydrogens is 282 g/mol. The number of hydrogen-bond donors (Lipinski definition) is 1. The van der Waals surface area contributed by atoms with Crippen molar-refractivity contribution in [3.63, 3.8) is 0 Å². The summed E-state index contributed by atoms with van der Waals surface area (Å²) in [4.78, 5) is 6.92. The molecule has 118 valence electrons. The Morgan fingerprint density at radius 1 is 1.38 bits per heavy atom. The fraction of sp³-hybridized carbons (Fsp3) is 0.706. The molecule has 3 nitrogen and oxygen atoms in total. The van der Waals surface area contributed by atoms with E-state index in [9.17, 15) is 0 Å². The minimum absolute atomic E-state index is 0.651. The maximum atomic E-state index is 6.28. The van der Waals surface area contributed by atoms with Gasteiger partial charge in [0.2, 0.25) is 0 Å². The van der Waals surface area contributed by atoms with Crippen molar-refractivity contribution in [1.82, 2.24) is 10.3 Å². The highest BCUT2D eigenvalue weighted by molar-refractivity contribution is 6.31. The Balaban J connectivity index is 1.98. The number of halogens is 1. The van der Waals surface area contributed by atoms with Crippen LogP contribution in [0.4, 0.5) is 5.82 Å². The van der Waals surface area contributed by atoms with Crippen molar-refractivity contribution >= 4 is 17.4 Å². The Morgan fingerprint density at radius 3 is 2.71 bits per heavy atom. The number of hydrogen-bond acceptors (Lipinski definition) is 3. The van der Waals surface area contributed by atoms with E-state index in [1.807, 2.05) is 0 Å². The zero-order chi connectivity index (χ0) is 15.2. The molecule has 0 atom stereocenters. The summed E-state index contributed by atoms with van der Waals surface area (Å²) in [5.41, 5.74) is 1.15. The zero-order valence-electron chi connectivity index (χ0n) is 13.5. The maximum Gasteiger partial charge on any atom is 0.128 e. The Labute approximate surface area is 134 Å². The van der Waals surface area contributed by atoms with E-state index in [1.165, 1.54) is 19.3 Å². The van der Waals surface area contributed by atoms with Gasteiger partial charge < -0.3 is 10.2 Å². The van der Waals surface area contributed by atoms with Gasteiger partial charge in [0.1, 0.15) is 5.82 Å². The zero-order valence-corrected chi connectivity index (χ0v) is 14.3. The molecule has 0 aromatic carbocycles. The van der Waals surface area contributed by atoms with E-state index in [1.54, 1.807) is 6.20 Å². The monoisotopic (exact) mass is 309 g/mol. The molecule has 0 bridgehead atoms. The molecule has 1 aliphatic rings. The molecule has 1 fully saturated rings. The summed E-state index contributed by atoms with van der Waals surface area (Å²) in [5.74, 6) is 2.62. The first-order valence-electron chi connectivity index (χ1n) is 8.20. The molecule has 0 radical (unpaired) electrons. The summed E-state index contributed by atoms with van der Waals surface area (Å²) in [6, 6.07) is 2.15.